The second-order valence-corrected chi connectivity index (χ2v) is 6.89. The molecule has 0 aromatic heterocycles. The van der Waals surface area contributed by atoms with E-state index in [1.807, 2.05) is 18.2 Å². The van der Waals surface area contributed by atoms with Gasteiger partial charge in [0.1, 0.15) is 5.78 Å². The minimum atomic E-state index is -0.218. The van der Waals surface area contributed by atoms with Gasteiger partial charge in [0.2, 0.25) is 0 Å². The summed E-state index contributed by atoms with van der Waals surface area (Å²) in [5.74, 6) is 2.21. The predicted molar refractivity (Wildman–Crippen MR) is 90.0 cm³/mol. The SMILES string of the molecule is COc1ccc(C2CC(=O)C(C(C)C)C(C(C)C)O2)cc1OC. The monoisotopic (exact) mass is 320 g/mol. The molecule has 23 heavy (non-hydrogen) atoms. The van der Waals surface area contributed by atoms with Gasteiger partial charge in [0.05, 0.1) is 26.4 Å². The standard InChI is InChI=1S/C19H28O4/c1-11(2)18-14(20)10-16(23-19(18)12(3)4)13-7-8-15(21-5)17(9-13)22-6/h7-9,11-12,16,18-19H,10H2,1-6H3. The smallest absolute Gasteiger partial charge is 0.161 e. The van der Waals surface area contributed by atoms with Crippen molar-refractivity contribution < 1.29 is 19.0 Å². The van der Waals surface area contributed by atoms with Crippen LogP contribution in [-0.2, 0) is 9.53 Å². The van der Waals surface area contributed by atoms with Gasteiger partial charge in [0.15, 0.2) is 11.5 Å². The summed E-state index contributed by atoms with van der Waals surface area (Å²) in [5, 5.41) is 0. The van der Waals surface area contributed by atoms with Crippen molar-refractivity contribution in [3.8, 4) is 11.5 Å². The highest BCUT2D eigenvalue weighted by atomic mass is 16.5. The Hall–Kier alpha value is -1.55. The van der Waals surface area contributed by atoms with Gasteiger partial charge in [-0.3, -0.25) is 4.79 Å². The van der Waals surface area contributed by atoms with Crippen molar-refractivity contribution in [3.05, 3.63) is 23.8 Å². The lowest BCUT2D eigenvalue weighted by atomic mass is 9.77. The zero-order valence-corrected chi connectivity index (χ0v) is 15.0. The molecule has 4 nitrogen and oxygen atoms in total. The first-order valence-electron chi connectivity index (χ1n) is 8.29. The number of carbonyl (C=O) groups is 1. The Bertz CT molecular complexity index is 550. The molecule has 0 spiro atoms. The second kappa shape index (κ2) is 7.35. The first kappa shape index (κ1) is 17.8. The van der Waals surface area contributed by atoms with Crippen LogP contribution < -0.4 is 9.47 Å². The van der Waals surface area contributed by atoms with Crippen molar-refractivity contribution in [2.24, 2.45) is 17.8 Å². The molecular weight excluding hydrogens is 292 g/mol. The molecule has 1 aromatic rings. The van der Waals surface area contributed by atoms with Gasteiger partial charge < -0.3 is 14.2 Å². The maximum absolute atomic E-state index is 12.7. The third-order valence-electron chi connectivity index (χ3n) is 4.59. The van der Waals surface area contributed by atoms with Gasteiger partial charge in [-0.2, -0.15) is 0 Å². The fraction of sp³-hybridized carbons (Fsp3) is 0.632. The maximum Gasteiger partial charge on any atom is 0.161 e. The highest BCUT2D eigenvalue weighted by Crippen LogP contribution is 2.40. The van der Waals surface area contributed by atoms with Crippen LogP contribution in [0.2, 0.25) is 0 Å². The Labute approximate surface area is 139 Å². The largest absolute Gasteiger partial charge is 0.493 e. The molecule has 1 saturated heterocycles. The molecule has 1 aliphatic rings. The van der Waals surface area contributed by atoms with E-state index in [9.17, 15) is 4.79 Å². The quantitative estimate of drug-likeness (QED) is 0.821. The first-order chi connectivity index (χ1) is 10.9. The van der Waals surface area contributed by atoms with Gasteiger partial charge in [-0.25, -0.2) is 0 Å². The summed E-state index contributed by atoms with van der Waals surface area (Å²) in [4.78, 5) is 12.7. The summed E-state index contributed by atoms with van der Waals surface area (Å²) in [5.41, 5.74) is 0.962. The zero-order chi connectivity index (χ0) is 17.1. The fourth-order valence-corrected chi connectivity index (χ4v) is 3.40. The van der Waals surface area contributed by atoms with Crippen LogP contribution in [-0.4, -0.2) is 26.1 Å². The van der Waals surface area contributed by atoms with E-state index in [2.05, 4.69) is 27.7 Å². The lowest BCUT2D eigenvalue weighted by molar-refractivity contribution is -0.156. The molecule has 0 N–H and O–H groups in total. The van der Waals surface area contributed by atoms with Gasteiger partial charge in [-0.05, 0) is 29.5 Å². The Balaban J connectivity index is 2.29. The molecule has 4 heteroatoms. The summed E-state index contributed by atoms with van der Waals surface area (Å²) >= 11 is 0. The molecular formula is C19H28O4. The molecule has 0 amide bonds. The van der Waals surface area contributed by atoms with E-state index in [1.54, 1.807) is 14.2 Å². The fourth-order valence-electron chi connectivity index (χ4n) is 3.40. The molecule has 2 rings (SSSR count). The van der Waals surface area contributed by atoms with E-state index in [-0.39, 0.29) is 18.1 Å². The van der Waals surface area contributed by atoms with Crippen LogP contribution in [0.5, 0.6) is 11.5 Å². The number of benzene rings is 1. The Morgan fingerprint density at radius 1 is 1.04 bits per heavy atom. The van der Waals surface area contributed by atoms with Crippen molar-refractivity contribution in [2.45, 2.75) is 46.3 Å². The Morgan fingerprint density at radius 3 is 2.22 bits per heavy atom. The summed E-state index contributed by atoms with van der Waals surface area (Å²) in [6.07, 6.45) is 0.153. The molecule has 0 saturated carbocycles. The number of rotatable bonds is 5. The molecule has 3 unspecified atom stereocenters. The molecule has 3 atom stereocenters. The average molecular weight is 320 g/mol. The number of carbonyl (C=O) groups excluding carboxylic acids is 1. The minimum absolute atomic E-state index is 0.0219. The maximum atomic E-state index is 12.7. The molecule has 1 aliphatic heterocycles. The van der Waals surface area contributed by atoms with Gasteiger partial charge in [-0.1, -0.05) is 33.8 Å². The van der Waals surface area contributed by atoms with Crippen molar-refractivity contribution in [2.75, 3.05) is 14.2 Å². The summed E-state index contributed by atoms with van der Waals surface area (Å²) < 4.78 is 17.0. The van der Waals surface area contributed by atoms with Crippen LogP contribution in [0.4, 0.5) is 0 Å². The number of ether oxygens (including phenoxy) is 3. The Morgan fingerprint density at radius 2 is 1.70 bits per heavy atom. The molecule has 0 aliphatic carbocycles. The van der Waals surface area contributed by atoms with Crippen molar-refractivity contribution >= 4 is 5.78 Å². The van der Waals surface area contributed by atoms with Gasteiger partial charge in [-0.15, -0.1) is 0 Å². The van der Waals surface area contributed by atoms with E-state index in [4.69, 9.17) is 14.2 Å². The van der Waals surface area contributed by atoms with Crippen molar-refractivity contribution in [1.29, 1.82) is 0 Å². The number of ketones is 1. The van der Waals surface area contributed by atoms with Crippen molar-refractivity contribution in [1.82, 2.24) is 0 Å². The predicted octanol–water partition coefficient (Wildman–Crippen LogP) is 4.03. The average Bonchev–Trinajstić information content (AvgIpc) is 2.52. The Kier molecular flexibility index (Phi) is 5.69. The first-order valence-corrected chi connectivity index (χ1v) is 8.29. The highest BCUT2D eigenvalue weighted by Gasteiger charge is 2.41. The number of methoxy groups -OCH3 is 2. The third-order valence-corrected chi connectivity index (χ3v) is 4.59. The van der Waals surface area contributed by atoms with E-state index in [0.29, 0.717) is 35.5 Å². The van der Waals surface area contributed by atoms with Crippen LogP contribution in [0.1, 0.15) is 45.8 Å². The third kappa shape index (κ3) is 3.69. The van der Waals surface area contributed by atoms with Gasteiger partial charge in [0.25, 0.3) is 0 Å². The number of hydrogen-bond donors (Lipinski definition) is 0. The van der Waals surface area contributed by atoms with Gasteiger partial charge in [0, 0.05) is 12.3 Å². The van der Waals surface area contributed by atoms with Gasteiger partial charge >= 0.3 is 0 Å². The van der Waals surface area contributed by atoms with E-state index in [0.717, 1.165) is 5.56 Å². The van der Waals surface area contributed by atoms with E-state index in [1.165, 1.54) is 0 Å². The molecule has 1 fully saturated rings. The molecule has 1 aromatic carbocycles. The van der Waals surface area contributed by atoms with Crippen molar-refractivity contribution in [3.63, 3.8) is 0 Å². The summed E-state index contributed by atoms with van der Waals surface area (Å²) in [6, 6.07) is 5.72. The van der Waals surface area contributed by atoms with Crippen LogP contribution >= 0.6 is 0 Å². The number of hydrogen-bond acceptors (Lipinski definition) is 4. The molecule has 0 radical (unpaired) electrons. The van der Waals surface area contributed by atoms with E-state index < -0.39 is 0 Å². The summed E-state index contributed by atoms with van der Waals surface area (Å²) in [7, 11) is 3.22. The van der Waals surface area contributed by atoms with Crippen LogP contribution in [0.3, 0.4) is 0 Å². The molecule has 0 bridgehead atoms. The lowest BCUT2D eigenvalue weighted by Crippen LogP contribution is -2.43. The van der Waals surface area contributed by atoms with Crippen LogP contribution in [0.25, 0.3) is 0 Å². The normalized spacial score (nSPS) is 25.0. The topological polar surface area (TPSA) is 44.8 Å². The zero-order valence-electron chi connectivity index (χ0n) is 15.0. The second-order valence-electron chi connectivity index (χ2n) is 6.89. The lowest BCUT2D eigenvalue weighted by Gasteiger charge is -2.40. The highest BCUT2D eigenvalue weighted by molar-refractivity contribution is 5.83. The molecule has 128 valence electrons. The van der Waals surface area contributed by atoms with E-state index >= 15 is 0 Å². The summed E-state index contributed by atoms with van der Waals surface area (Å²) in [6.45, 7) is 8.42. The van der Waals surface area contributed by atoms with Crippen LogP contribution in [0.15, 0.2) is 18.2 Å². The molecule has 1 heterocycles. The minimum Gasteiger partial charge on any atom is -0.493 e. The van der Waals surface area contributed by atoms with Crippen LogP contribution in [0, 0.1) is 17.8 Å². The number of Topliss-reactive ketones (excluding diaryl/α,β-unsaturated/α-hetero) is 1.